The second-order valence-corrected chi connectivity index (χ2v) is 5.63. The monoisotopic (exact) mass is 290 g/mol. The SMILES string of the molecule is C[C@H](C(=O)N(C)[C@@H](C)C(=O)O)N1CCc2ccccc2C1. The lowest BCUT2D eigenvalue weighted by Gasteiger charge is -2.35. The third-order valence-electron chi connectivity index (χ3n) is 4.35. The number of nitrogens with zero attached hydrogens (tertiary/aromatic N) is 2. The Balaban J connectivity index is 2.06. The number of amides is 1. The molecule has 0 aliphatic carbocycles. The summed E-state index contributed by atoms with van der Waals surface area (Å²) < 4.78 is 0. The molecule has 0 spiro atoms. The highest BCUT2D eigenvalue weighted by Crippen LogP contribution is 2.21. The van der Waals surface area contributed by atoms with E-state index in [1.54, 1.807) is 7.05 Å². The zero-order valence-corrected chi connectivity index (χ0v) is 12.7. The average molecular weight is 290 g/mol. The van der Waals surface area contributed by atoms with E-state index in [9.17, 15) is 9.59 Å². The van der Waals surface area contributed by atoms with Crippen LogP contribution in [-0.4, -0.2) is 52.5 Å². The van der Waals surface area contributed by atoms with Crippen LogP contribution in [0, 0.1) is 0 Å². The van der Waals surface area contributed by atoms with E-state index in [0.29, 0.717) is 0 Å². The van der Waals surface area contributed by atoms with Gasteiger partial charge >= 0.3 is 5.97 Å². The molecule has 114 valence electrons. The number of aliphatic carboxylic acids is 1. The first kappa shape index (κ1) is 15.5. The summed E-state index contributed by atoms with van der Waals surface area (Å²) in [5.74, 6) is -1.13. The third kappa shape index (κ3) is 3.24. The Labute approximate surface area is 125 Å². The van der Waals surface area contributed by atoms with E-state index in [1.807, 2.05) is 19.1 Å². The smallest absolute Gasteiger partial charge is 0.326 e. The normalized spacial score (nSPS) is 17.7. The zero-order valence-electron chi connectivity index (χ0n) is 12.7. The van der Waals surface area contributed by atoms with E-state index in [4.69, 9.17) is 5.11 Å². The van der Waals surface area contributed by atoms with Crippen molar-refractivity contribution < 1.29 is 14.7 Å². The summed E-state index contributed by atoms with van der Waals surface area (Å²) in [6.07, 6.45) is 0.923. The summed E-state index contributed by atoms with van der Waals surface area (Å²) in [4.78, 5) is 26.8. The lowest BCUT2D eigenvalue weighted by atomic mass is 9.98. The molecule has 5 heteroatoms. The van der Waals surface area contributed by atoms with Gasteiger partial charge in [-0.3, -0.25) is 9.69 Å². The molecule has 2 atom stereocenters. The van der Waals surface area contributed by atoms with Crippen LogP contribution in [0.4, 0.5) is 0 Å². The number of hydrogen-bond acceptors (Lipinski definition) is 3. The van der Waals surface area contributed by atoms with Gasteiger partial charge in [0.05, 0.1) is 6.04 Å². The molecule has 0 fully saturated rings. The number of carbonyl (C=O) groups is 2. The van der Waals surface area contributed by atoms with E-state index in [1.165, 1.54) is 23.0 Å². The molecule has 1 heterocycles. The molecule has 0 saturated carbocycles. The van der Waals surface area contributed by atoms with Crippen LogP contribution in [0.1, 0.15) is 25.0 Å². The Kier molecular flexibility index (Phi) is 4.63. The molecule has 1 amide bonds. The zero-order chi connectivity index (χ0) is 15.6. The number of likely N-dealkylation sites (N-methyl/N-ethyl adjacent to an activating group) is 1. The van der Waals surface area contributed by atoms with Crippen molar-refractivity contribution in [2.45, 2.75) is 38.9 Å². The molecule has 1 aliphatic heterocycles. The predicted octanol–water partition coefficient (Wildman–Crippen LogP) is 1.36. The van der Waals surface area contributed by atoms with Crippen LogP contribution in [0.25, 0.3) is 0 Å². The molecule has 1 aromatic carbocycles. The molecule has 5 nitrogen and oxygen atoms in total. The third-order valence-corrected chi connectivity index (χ3v) is 4.35. The van der Waals surface area contributed by atoms with Gasteiger partial charge in [0.1, 0.15) is 6.04 Å². The Morgan fingerprint density at radius 3 is 2.48 bits per heavy atom. The molecule has 0 unspecified atom stereocenters. The van der Waals surface area contributed by atoms with E-state index in [0.717, 1.165) is 19.5 Å². The first-order valence-corrected chi connectivity index (χ1v) is 7.22. The summed E-state index contributed by atoms with van der Waals surface area (Å²) in [5.41, 5.74) is 2.58. The van der Waals surface area contributed by atoms with Crippen molar-refractivity contribution in [3.05, 3.63) is 35.4 Å². The lowest BCUT2D eigenvalue weighted by Crippen LogP contribution is -2.51. The number of carboxylic acid groups (broad SMARTS) is 1. The fourth-order valence-electron chi connectivity index (χ4n) is 2.66. The van der Waals surface area contributed by atoms with Gasteiger partial charge in [0, 0.05) is 20.1 Å². The van der Waals surface area contributed by atoms with Gasteiger partial charge in [0.15, 0.2) is 0 Å². The molecule has 1 N–H and O–H groups in total. The maximum Gasteiger partial charge on any atom is 0.326 e. The van der Waals surface area contributed by atoms with Crippen LogP contribution in [-0.2, 0) is 22.6 Å². The van der Waals surface area contributed by atoms with Crippen molar-refractivity contribution in [1.29, 1.82) is 0 Å². The van der Waals surface area contributed by atoms with Crippen LogP contribution >= 0.6 is 0 Å². The number of fused-ring (bicyclic) bond motifs is 1. The fraction of sp³-hybridized carbons (Fsp3) is 0.500. The molecule has 0 bridgehead atoms. The van der Waals surface area contributed by atoms with Gasteiger partial charge in [-0.05, 0) is 31.4 Å². The van der Waals surface area contributed by atoms with E-state index < -0.39 is 12.0 Å². The maximum absolute atomic E-state index is 12.4. The molecule has 1 aliphatic rings. The number of carbonyl (C=O) groups excluding carboxylic acids is 1. The molecular formula is C16H22N2O3. The van der Waals surface area contributed by atoms with Gasteiger partial charge in [0.2, 0.25) is 5.91 Å². The fourth-order valence-corrected chi connectivity index (χ4v) is 2.66. The van der Waals surface area contributed by atoms with E-state index >= 15 is 0 Å². The number of hydrogen-bond donors (Lipinski definition) is 1. The van der Waals surface area contributed by atoms with Crippen LogP contribution < -0.4 is 0 Å². The number of benzene rings is 1. The lowest BCUT2D eigenvalue weighted by molar-refractivity contribution is -0.150. The summed E-state index contributed by atoms with van der Waals surface area (Å²) in [6.45, 7) is 4.93. The highest BCUT2D eigenvalue weighted by atomic mass is 16.4. The highest BCUT2D eigenvalue weighted by molar-refractivity contribution is 5.86. The molecule has 2 rings (SSSR count). The molecule has 1 aromatic rings. The molecular weight excluding hydrogens is 268 g/mol. The Morgan fingerprint density at radius 2 is 1.86 bits per heavy atom. The van der Waals surface area contributed by atoms with Gasteiger partial charge in [0.25, 0.3) is 0 Å². The average Bonchev–Trinajstić information content (AvgIpc) is 2.51. The Morgan fingerprint density at radius 1 is 1.24 bits per heavy atom. The molecule has 0 saturated heterocycles. The molecule has 0 radical (unpaired) electrons. The second-order valence-electron chi connectivity index (χ2n) is 5.63. The van der Waals surface area contributed by atoms with Gasteiger partial charge in [-0.25, -0.2) is 4.79 Å². The molecule has 21 heavy (non-hydrogen) atoms. The van der Waals surface area contributed by atoms with Crippen molar-refractivity contribution in [3.8, 4) is 0 Å². The molecule has 0 aromatic heterocycles. The van der Waals surface area contributed by atoms with E-state index in [-0.39, 0.29) is 11.9 Å². The quantitative estimate of drug-likeness (QED) is 0.909. The van der Waals surface area contributed by atoms with E-state index in [2.05, 4.69) is 17.0 Å². The van der Waals surface area contributed by atoms with Crippen molar-refractivity contribution in [3.63, 3.8) is 0 Å². The number of carboxylic acids is 1. The van der Waals surface area contributed by atoms with Gasteiger partial charge in [-0.1, -0.05) is 24.3 Å². The van der Waals surface area contributed by atoms with Crippen molar-refractivity contribution in [1.82, 2.24) is 9.80 Å². The van der Waals surface area contributed by atoms with Gasteiger partial charge in [-0.2, -0.15) is 0 Å². The predicted molar refractivity (Wildman–Crippen MR) is 79.9 cm³/mol. The summed E-state index contributed by atoms with van der Waals surface area (Å²) in [5, 5.41) is 9.02. The van der Waals surface area contributed by atoms with Gasteiger partial charge < -0.3 is 10.0 Å². The number of rotatable bonds is 4. The van der Waals surface area contributed by atoms with Crippen LogP contribution in [0.2, 0.25) is 0 Å². The second kappa shape index (κ2) is 6.26. The minimum absolute atomic E-state index is 0.149. The largest absolute Gasteiger partial charge is 0.480 e. The minimum Gasteiger partial charge on any atom is -0.480 e. The Hall–Kier alpha value is -1.88. The summed E-state index contributed by atoms with van der Waals surface area (Å²) in [6, 6.07) is 7.13. The summed E-state index contributed by atoms with van der Waals surface area (Å²) in [7, 11) is 1.55. The first-order valence-electron chi connectivity index (χ1n) is 7.22. The minimum atomic E-state index is -0.984. The van der Waals surface area contributed by atoms with Crippen LogP contribution in [0.3, 0.4) is 0 Å². The summed E-state index contributed by atoms with van der Waals surface area (Å²) >= 11 is 0. The topological polar surface area (TPSA) is 60.9 Å². The van der Waals surface area contributed by atoms with Crippen LogP contribution in [0.5, 0.6) is 0 Å². The van der Waals surface area contributed by atoms with Gasteiger partial charge in [-0.15, -0.1) is 0 Å². The van der Waals surface area contributed by atoms with Crippen molar-refractivity contribution in [2.75, 3.05) is 13.6 Å². The maximum atomic E-state index is 12.4. The van der Waals surface area contributed by atoms with Crippen LogP contribution in [0.15, 0.2) is 24.3 Å². The first-order chi connectivity index (χ1) is 9.91. The van der Waals surface area contributed by atoms with Crippen molar-refractivity contribution >= 4 is 11.9 Å². The van der Waals surface area contributed by atoms with Crippen molar-refractivity contribution in [2.24, 2.45) is 0 Å². The standard InChI is InChI=1S/C16H22N2O3/c1-11(15(19)17(3)12(2)16(20)21)18-9-8-13-6-4-5-7-14(13)10-18/h4-7,11-12H,8-10H2,1-3H3,(H,20,21)/t11-,12+/m1/s1. The highest BCUT2D eigenvalue weighted by Gasteiger charge is 2.30. The Bertz CT molecular complexity index is 544.